The highest BCUT2D eigenvalue weighted by Gasteiger charge is 2.25. The van der Waals surface area contributed by atoms with Crippen LogP contribution in [0.2, 0.25) is 0 Å². The Balaban J connectivity index is 2.16. The Labute approximate surface area is 124 Å². The topological polar surface area (TPSA) is 73.7 Å². The van der Waals surface area contributed by atoms with Gasteiger partial charge in [0.2, 0.25) is 0 Å². The third-order valence-corrected chi connectivity index (χ3v) is 3.70. The van der Waals surface area contributed by atoms with Gasteiger partial charge >= 0.3 is 0 Å². The molecule has 1 amide bonds. The van der Waals surface area contributed by atoms with Gasteiger partial charge in [-0.15, -0.1) is 0 Å². The zero-order valence-corrected chi connectivity index (χ0v) is 12.0. The van der Waals surface area contributed by atoms with Gasteiger partial charge in [-0.3, -0.25) is 9.78 Å². The van der Waals surface area contributed by atoms with Crippen LogP contribution in [0.5, 0.6) is 0 Å². The van der Waals surface area contributed by atoms with Crippen LogP contribution in [0, 0.1) is 17.8 Å². The largest absolute Gasteiger partial charge is 0.396 e. The van der Waals surface area contributed by atoms with Crippen LogP contribution in [0.15, 0.2) is 18.5 Å². The number of carbonyl (C=O) groups excluding carboxylic acids is 1. The minimum atomic E-state index is -0.245. The minimum absolute atomic E-state index is 0.0534. The van der Waals surface area contributed by atoms with Gasteiger partial charge < -0.3 is 15.1 Å². The van der Waals surface area contributed by atoms with Crippen molar-refractivity contribution in [3.05, 3.63) is 29.6 Å². The number of amides is 1. The molecule has 5 heteroatoms. The van der Waals surface area contributed by atoms with Gasteiger partial charge in [0, 0.05) is 32.1 Å². The number of aliphatic hydroxyl groups excluding tert-OH is 2. The fourth-order valence-electron chi connectivity index (χ4n) is 2.65. The average Bonchev–Trinajstić information content (AvgIpc) is 2.53. The number of hydrogen-bond acceptors (Lipinski definition) is 4. The van der Waals surface area contributed by atoms with Crippen LogP contribution in [-0.4, -0.2) is 52.3 Å². The Bertz CT molecular complexity index is 546. The lowest BCUT2D eigenvalue weighted by atomic mass is 9.94. The second-order valence-corrected chi connectivity index (χ2v) is 5.15. The number of rotatable bonds is 3. The molecular weight excluding hydrogens is 268 g/mol. The predicted octanol–water partition coefficient (Wildman–Crippen LogP) is 0.660. The quantitative estimate of drug-likeness (QED) is 0.801. The standard InChI is InChI=1S/C16H20N2O3/c19-9-2-4-14-11-17-7-5-15(14)16(21)18-8-1-3-13(12-18)6-10-20/h5,7,11,13,19-20H,1,3,6,8-10,12H2. The summed E-state index contributed by atoms with van der Waals surface area (Å²) in [5.74, 6) is 5.63. The Morgan fingerprint density at radius 3 is 3.10 bits per heavy atom. The van der Waals surface area contributed by atoms with Crippen molar-refractivity contribution in [2.75, 3.05) is 26.3 Å². The van der Waals surface area contributed by atoms with Crippen LogP contribution in [0.4, 0.5) is 0 Å². The van der Waals surface area contributed by atoms with Gasteiger partial charge in [-0.1, -0.05) is 11.8 Å². The van der Waals surface area contributed by atoms with E-state index in [1.165, 1.54) is 0 Å². The number of pyridine rings is 1. The number of nitrogens with zero attached hydrogens (tertiary/aromatic N) is 2. The zero-order chi connectivity index (χ0) is 15.1. The summed E-state index contributed by atoms with van der Waals surface area (Å²) in [6.07, 6.45) is 5.87. The van der Waals surface area contributed by atoms with E-state index in [2.05, 4.69) is 16.8 Å². The second-order valence-electron chi connectivity index (χ2n) is 5.15. The molecule has 1 aliphatic heterocycles. The Morgan fingerprint density at radius 2 is 2.33 bits per heavy atom. The Kier molecular flexibility index (Phi) is 5.73. The van der Waals surface area contributed by atoms with Crippen LogP contribution >= 0.6 is 0 Å². The molecule has 0 aromatic carbocycles. The highest BCUT2D eigenvalue weighted by molar-refractivity contribution is 5.96. The average molecular weight is 288 g/mol. The summed E-state index contributed by atoms with van der Waals surface area (Å²) in [4.78, 5) is 18.4. The van der Waals surface area contributed by atoms with E-state index in [0.29, 0.717) is 23.6 Å². The molecule has 1 aliphatic rings. The lowest BCUT2D eigenvalue weighted by Crippen LogP contribution is -2.40. The van der Waals surface area contributed by atoms with Crippen LogP contribution in [0.25, 0.3) is 0 Å². The predicted molar refractivity (Wildman–Crippen MR) is 78.5 cm³/mol. The molecule has 1 fully saturated rings. The van der Waals surface area contributed by atoms with Crippen molar-refractivity contribution in [1.82, 2.24) is 9.88 Å². The number of aliphatic hydroxyl groups is 2. The molecule has 21 heavy (non-hydrogen) atoms. The van der Waals surface area contributed by atoms with Gasteiger partial charge in [0.1, 0.15) is 6.61 Å². The highest BCUT2D eigenvalue weighted by atomic mass is 16.3. The maximum atomic E-state index is 12.6. The van der Waals surface area contributed by atoms with Crippen molar-refractivity contribution < 1.29 is 15.0 Å². The van der Waals surface area contributed by atoms with Crippen LogP contribution in [0.3, 0.4) is 0 Å². The van der Waals surface area contributed by atoms with Gasteiger partial charge in [0.05, 0.1) is 11.1 Å². The summed E-state index contributed by atoms with van der Waals surface area (Å²) >= 11 is 0. The van der Waals surface area contributed by atoms with E-state index in [9.17, 15) is 4.79 Å². The Morgan fingerprint density at radius 1 is 1.48 bits per heavy atom. The molecule has 0 spiro atoms. The van der Waals surface area contributed by atoms with E-state index in [-0.39, 0.29) is 19.1 Å². The number of piperidine rings is 1. The molecule has 0 saturated carbocycles. The van der Waals surface area contributed by atoms with Crippen LogP contribution < -0.4 is 0 Å². The lowest BCUT2D eigenvalue weighted by molar-refractivity contribution is 0.0653. The van der Waals surface area contributed by atoms with E-state index in [4.69, 9.17) is 10.2 Å². The first-order chi connectivity index (χ1) is 10.3. The fraction of sp³-hybridized carbons (Fsp3) is 0.500. The van der Waals surface area contributed by atoms with E-state index in [1.54, 1.807) is 18.5 Å². The highest BCUT2D eigenvalue weighted by Crippen LogP contribution is 2.21. The molecule has 5 nitrogen and oxygen atoms in total. The summed E-state index contributed by atoms with van der Waals surface area (Å²) < 4.78 is 0. The van der Waals surface area contributed by atoms with E-state index in [0.717, 1.165) is 25.8 Å². The smallest absolute Gasteiger partial charge is 0.255 e. The molecule has 112 valence electrons. The number of hydrogen-bond donors (Lipinski definition) is 2. The normalized spacial score (nSPS) is 18.0. The second kappa shape index (κ2) is 7.77. The number of aromatic nitrogens is 1. The van der Waals surface area contributed by atoms with Crippen molar-refractivity contribution in [3.63, 3.8) is 0 Å². The molecule has 2 heterocycles. The molecule has 1 unspecified atom stereocenters. The fourth-order valence-corrected chi connectivity index (χ4v) is 2.65. The summed E-state index contributed by atoms with van der Waals surface area (Å²) in [6, 6.07) is 1.67. The first-order valence-corrected chi connectivity index (χ1v) is 7.20. The van der Waals surface area contributed by atoms with Crippen molar-refractivity contribution in [3.8, 4) is 11.8 Å². The van der Waals surface area contributed by atoms with Crippen LogP contribution in [0.1, 0.15) is 35.2 Å². The van der Waals surface area contributed by atoms with Gasteiger partial charge in [0.15, 0.2) is 0 Å². The molecule has 1 saturated heterocycles. The lowest BCUT2D eigenvalue weighted by Gasteiger charge is -2.32. The monoisotopic (exact) mass is 288 g/mol. The van der Waals surface area contributed by atoms with E-state index >= 15 is 0 Å². The van der Waals surface area contributed by atoms with Gasteiger partial charge in [-0.25, -0.2) is 0 Å². The van der Waals surface area contributed by atoms with Crippen molar-refractivity contribution >= 4 is 5.91 Å². The zero-order valence-electron chi connectivity index (χ0n) is 12.0. The molecule has 2 N–H and O–H groups in total. The number of carbonyl (C=O) groups is 1. The third kappa shape index (κ3) is 4.03. The van der Waals surface area contributed by atoms with E-state index in [1.807, 2.05) is 4.90 Å². The third-order valence-electron chi connectivity index (χ3n) is 3.70. The summed E-state index contributed by atoms with van der Waals surface area (Å²) in [5.41, 5.74) is 1.07. The molecule has 2 rings (SSSR count). The van der Waals surface area contributed by atoms with Gasteiger partial charge in [0.25, 0.3) is 5.91 Å². The maximum absolute atomic E-state index is 12.6. The molecule has 1 aromatic heterocycles. The molecule has 1 atom stereocenters. The SMILES string of the molecule is O=C(c1ccncc1C#CCO)N1CCCC(CCO)C1. The van der Waals surface area contributed by atoms with Crippen molar-refractivity contribution in [1.29, 1.82) is 0 Å². The molecule has 1 aromatic rings. The first-order valence-electron chi connectivity index (χ1n) is 7.20. The maximum Gasteiger partial charge on any atom is 0.255 e. The van der Waals surface area contributed by atoms with Gasteiger partial charge in [-0.2, -0.15) is 0 Å². The summed E-state index contributed by atoms with van der Waals surface area (Å²) in [6.45, 7) is 1.32. The molecular formula is C16H20N2O3. The van der Waals surface area contributed by atoms with Crippen molar-refractivity contribution in [2.24, 2.45) is 5.92 Å². The van der Waals surface area contributed by atoms with E-state index < -0.39 is 0 Å². The van der Waals surface area contributed by atoms with Crippen LogP contribution in [-0.2, 0) is 0 Å². The Hall–Kier alpha value is -1.90. The molecule has 0 bridgehead atoms. The number of likely N-dealkylation sites (tertiary alicyclic amines) is 1. The van der Waals surface area contributed by atoms with Crippen molar-refractivity contribution in [2.45, 2.75) is 19.3 Å². The minimum Gasteiger partial charge on any atom is -0.396 e. The molecule has 0 aliphatic carbocycles. The summed E-state index contributed by atoms with van der Waals surface area (Å²) in [5, 5.41) is 17.8. The molecule has 0 radical (unpaired) electrons. The summed E-state index contributed by atoms with van der Waals surface area (Å²) in [7, 11) is 0. The van der Waals surface area contributed by atoms with Gasteiger partial charge in [-0.05, 0) is 31.2 Å². The first kappa shape index (κ1) is 15.5.